The van der Waals surface area contributed by atoms with Gasteiger partial charge in [0.25, 0.3) is 15.9 Å². The first-order valence-corrected chi connectivity index (χ1v) is 12.8. The van der Waals surface area contributed by atoms with Gasteiger partial charge >= 0.3 is 0 Å². The number of halogens is 3. The molecule has 0 bridgehead atoms. The molecule has 0 saturated heterocycles. The van der Waals surface area contributed by atoms with E-state index in [0.717, 1.165) is 10.0 Å². The highest BCUT2D eigenvalue weighted by atomic mass is 79.9. The van der Waals surface area contributed by atoms with Crippen molar-refractivity contribution in [2.24, 2.45) is 0 Å². The van der Waals surface area contributed by atoms with E-state index in [9.17, 15) is 13.2 Å². The molecule has 0 fully saturated rings. The van der Waals surface area contributed by atoms with Crippen molar-refractivity contribution in [2.75, 3.05) is 4.72 Å². The molecule has 12 heteroatoms. The zero-order valence-electron chi connectivity index (χ0n) is 17.2. The highest BCUT2D eigenvalue weighted by molar-refractivity contribution is 9.10. The van der Waals surface area contributed by atoms with Crippen LogP contribution in [0, 0.1) is 0 Å². The van der Waals surface area contributed by atoms with E-state index in [1.165, 1.54) is 30.3 Å². The molecule has 0 unspecified atom stereocenters. The summed E-state index contributed by atoms with van der Waals surface area (Å²) < 4.78 is 28.7. The van der Waals surface area contributed by atoms with Gasteiger partial charge in [-0.25, -0.2) is 13.4 Å². The lowest BCUT2D eigenvalue weighted by molar-refractivity contribution is 0.0950. The van der Waals surface area contributed by atoms with Crippen LogP contribution in [0.2, 0.25) is 10.0 Å². The maximum absolute atomic E-state index is 12.7. The van der Waals surface area contributed by atoms with Crippen LogP contribution < -0.4 is 10.0 Å². The van der Waals surface area contributed by atoms with Crippen LogP contribution in [0.3, 0.4) is 0 Å². The number of H-pyrrole nitrogens is 1. The van der Waals surface area contributed by atoms with Gasteiger partial charge < -0.3 is 5.32 Å². The van der Waals surface area contributed by atoms with Crippen molar-refractivity contribution >= 4 is 60.7 Å². The van der Waals surface area contributed by atoms with E-state index in [1.807, 2.05) is 24.3 Å². The van der Waals surface area contributed by atoms with Crippen molar-refractivity contribution in [2.45, 2.75) is 11.4 Å². The highest BCUT2D eigenvalue weighted by Crippen LogP contribution is 2.26. The molecule has 3 aromatic carbocycles. The van der Waals surface area contributed by atoms with Crippen LogP contribution in [0.1, 0.15) is 16.2 Å². The molecule has 0 saturated carbocycles. The number of hydrogen-bond donors (Lipinski definition) is 3. The molecule has 0 aliphatic carbocycles. The number of carbonyl (C=O) groups is 1. The van der Waals surface area contributed by atoms with Crippen LogP contribution in [0.4, 0.5) is 5.69 Å². The Morgan fingerprint density at radius 3 is 2.50 bits per heavy atom. The van der Waals surface area contributed by atoms with Crippen molar-refractivity contribution in [1.29, 1.82) is 0 Å². The Labute approximate surface area is 213 Å². The van der Waals surface area contributed by atoms with Gasteiger partial charge in [0.1, 0.15) is 5.82 Å². The molecule has 0 radical (unpaired) electrons. The molecule has 1 aromatic heterocycles. The Morgan fingerprint density at radius 2 is 1.76 bits per heavy atom. The average Bonchev–Trinajstić information content (AvgIpc) is 3.28. The van der Waals surface area contributed by atoms with E-state index in [1.54, 1.807) is 12.1 Å². The quantitative estimate of drug-likeness (QED) is 0.275. The second-order valence-electron chi connectivity index (χ2n) is 7.06. The highest BCUT2D eigenvalue weighted by Gasteiger charge is 2.17. The van der Waals surface area contributed by atoms with Gasteiger partial charge in [-0.3, -0.25) is 14.6 Å². The molecule has 0 spiro atoms. The topological polar surface area (TPSA) is 117 Å². The average molecular weight is 581 g/mol. The molecule has 0 aliphatic heterocycles. The van der Waals surface area contributed by atoms with Crippen molar-refractivity contribution in [3.05, 3.63) is 92.6 Å². The molecule has 4 rings (SSSR count). The second kappa shape index (κ2) is 10.1. The number of hydrogen-bond acceptors (Lipinski definition) is 5. The fourth-order valence-corrected chi connectivity index (χ4v) is 4.65. The first-order valence-electron chi connectivity index (χ1n) is 9.74. The molecular formula is C22H16BrCl2N5O3S. The summed E-state index contributed by atoms with van der Waals surface area (Å²) in [5.74, 6) is 0.579. The number of aromatic amines is 1. The molecule has 3 N–H and O–H groups in total. The smallest absolute Gasteiger partial charge is 0.261 e. The molecular weight excluding hydrogens is 565 g/mol. The summed E-state index contributed by atoms with van der Waals surface area (Å²) in [6.45, 7) is 0.113. The van der Waals surface area contributed by atoms with E-state index in [0.29, 0.717) is 11.6 Å². The van der Waals surface area contributed by atoms with Gasteiger partial charge in [-0.2, -0.15) is 5.10 Å². The normalized spacial score (nSPS) is 11.3. The van der Waals surface area contributed by atoms with Crippen LogP contribution in [-0.4, -0.2) is 29.5 Å². The number of sulfonamides is 1. The molecule has 174 valence electrons. The first kappa shape index (κ1) is 24.2. The Kier molecular flexibility index (Phi) is 7.22. The number of nitrogens with one attached hydrogen (secondary N) is 3. The van der Waals surface area contributed by atoms with Gasteiger partial charge in [-0.05, 0) is 48.5 Å². The van der Waals surface area contributed by atoms with Gasteiger partial charge in [0.15, 0.2) is 5.82 Å². The summed E-state index contributed by atoms with van der Waals surface area (Å²) in [6, 6.07) is 17.6. The van der Waals surface area contributed by atoms with Crippen molar-refractivity contribution in [3.63, 3.8) is 0 Å². The number of anilines is 1. The number of carbonyl (C=O) groups excluding carboxylic acids is 1. The Balaban J connectivity index is 1.42. The standard InChI is InChI=1S/C22H16BrCl2N5O3S/c23-15-6-4-13(5-7-15)21-27-20(28-29-21)12-26-22(31)14-2-1-3-16(10-14)30-34(32,33)17-8-9-18(24)19(25)11-17/h1-11,30H,12H2,(H,26,31)(H,27,28,29). The van der Waals surface area contributed by atoms with E-state index in [-0.39, 0.29) is 32.7 Å². The van der Waals surface area contributed by atoms with E-state index < -0.39 is 15.9 Å². The monoisotopic (exact) mass is 579 g/mol. The van der Waals surface area contributed by atoms with E-state index in [4.69, 9.17) is 23.2 Å². The summed E-state index contributed by atoms with van der Waals surface area (Å²) in [6.07, 6.45) is 0. The van der Waals surface area contributed by atoms with Crippen molar-refractivity contribution < 1.29 is 13.2 Å². The van der Waals surface area contributed by atoms with Gasteiger partial charge in [-0.1, -0.05) is 57.3 Å². The summed E-state index contributed by atoms with van der Waals surface area (Å²) in [5.41, 5.74) is 1.32. The third-order valence-electron chi connectivity index (χ3n) is 4.63. The van der Waals surface area contributed by atoms with Gasteiger partial charge in [0.05, 0.1) is 21.5 Å². The van der Waals surface area contributed by atoms with Crippen LogP contribution in [0.5, 0.6) is 0 Å². The maximum Gasteiger partial charge on any atom is 0.261 e. The van der Waals surface area contributed by atoms with Crippen LogP contribution >= 0.6 is 39.1 Å². The summed E-state index contributed by atoms with van der Waals surface area (Å²) in [4.78, 5) is 16.9. The number of amides is 1. The zero-order valence-corrected chi connectivity index (χ0v) is 21.1. The Bertz CT molecular complexity index is 1460. The largest absolute Gasteiger partial charge is 0.345 e. The lowest BCUT2D eigenvalue weighted by Gasteiger charge is -2.10. The van der Waals surface area contributed by atoms with Crippen LogP contribution in [-0.2, 0) is 16.6 Å². The number of rotatable bonds is 7. The molecule has 1 heterocycles. The number of benzene rings is 3. The zero-order chi connectivity index (χ0) is 24.3. The third kappa shape index (κ3) is 5.76. The Hall–Kier alpha value is -2.92. The third-order valence-corrected chi connectivity index (χ3v) is 7.28. The minimum absolute atomic E-state index is 0.0522. The predicted molar refractivity (Wildman–Crippen MR) is 134 cm³/mol. The lowest BCUT2D eigenvalue weighted by Crippen LogP contribution is -2.23. The summed E-state index contributed by atoms with van der Waals surface area (Å²) in [5, 5.41) is 10.1. The van der Waals surface area contributed by atoms with E-state index in [2.05, 4.69) is 41.2 Å². The van der Waals surface area contributed by atoms with Crippen LogP contribution in [0.15, 0.2) is 76.1 Å². The number of aromatic nitrogens is 3. The van der Waals surface area contributed by atoms with Gasteiger partial charge in [0.2, 0.25) is 0 Å². The van der Waals surface area contributed by atoms with Gasteiger partial charge in [-0.15, -0.1) is 0 Å². The molecule has 8 nitrogen and oxygen atoms in total. The summed E-state index contributed by atoms with van der Waals surface area (Å²) in [7, 11) is -3.93. The molecule has 0 atom stereocenters. The fraction of sp³-hybridized carbons (Fsp3) is 0.0455. The fourth-order valence-electron chi connectivity index (χ4n) is 2.95. The van der Waals surface area contributed by atoms with Crippen LogP contribution in [0.25, 0.3) is 11.4 Å². The first-order chi connectivity index (χ1) is 16.2. The molecule has 1 amide bonds. The minimum atomic E-state index is -3.93. The molecule has 34 heavy (non-hydrogen) atoms. The Morgan fingerprint density at radius 1 is 1.00 bits per heavy atom. The minimum Gasteiger partial charge on any atom is -0.345 e. The molecule has 0 aliphatic rings. The lowest BCUT2D eigenvalue weighted by atomic mass is 10.2. The SMILES string of the molecule is O=C(NCc1nc(-c2ccc(Br)cc2)n[nH]1)c1cccc(NS(=O)(=O)c2ccc(Cl)c(Cl)c2)c1. The molecule has 4 aromatic rings. The van der Waals surface area contributed by atoms with Crippen molar-refractivity contribution in [1.82, 2.24) is 20.5 Å². The van der Waals surface area contributed by atoms with Crippen molar-refractivity contribution in [3.8, 4) is 11.4 Å². The van der Waals surface area contributed by atoms with E-state index >= 15 is 0 Å². The second-order valence-corrected chi connectivity index (χ2v) is 10.5. The number of nitrogens with zero attached hydrogens (tertiary/aromatic N) is 2. The summed E-state index contributed by atoms with van der Waals surface area (Å²) >= 11 is 15.2. The van der Waals surface area contributed by atoms with Gasteiger partial charge in [0, 0.05) is 21.3 Å². The maximum atomic E-state index is 12.7. The predicted octanol–water partition coefficient (Wildman–Crippen LogP) is 5.27.